The third-order valence-corrected chi connectivity index (χ3v) is 7.96. The van der Waals surface area contributed by atoms with Gasteiger partial charge in [0.05, 0.1) is 24.2 Å². The molecule has 1 aromatic heterocycles. The molecule has 172 valence electrons. The summed E-state index contributed by atoms with van der Waals surface area (Å²) in [6.07, 6.45) is 4.28. The van der Waals surface area contributed by atoms with Crippen molar-refractivity contribution in [2.24, 2.45) is 11.8 Å². The molecule has 1 aliphatic rings. The van der Waals surface area contributed by atoms with E-state index in [1.54, 1.807) is 6.20 Å². The Morgan fingerprint density at radius 2 is 1.97 bits per heavy atom. The zero-order chi connectivity index (χ0) is 22.4. The van der Waals surface area contributed by atoms with Gasteiger partial charge < -0.3 is 14.4 Å². The summed E-state index contributed by atoms with van der Waals surface area (Å²) in [4.78, 5) is 9.25. The van der Waals surface area contributed by atoms with Crippen molar-refractivity contribution < 1.29 is 8.42 Å². The van der Waals surface area contributed by atoms with E-state index in [2.05, 4.69) is 28.8 Å². The number of benzene rings is 1. The van der Waals surface area contributed by atoms with Crippen LogP contribution in [0, 0.1) is 11.8 Å². The van der Waals surface area contributed by atoms with Crippen LogP contribution in [0.5, 0.6) is 0 Å². The summed E-state index contributed by atoms with van der Waals surface area (Å²) in [6.45, 7) is 11.8. The minimum Gasteiger partial charge on any atom is -0.313 e. The molecule has 0 amide bonds. The summed E-state index contributed by atoms with van der Waals surface area (Å²) in [5.41, 5.74) is 2.04. The van der Waals surface area contributed by atoms with Crippen molar-refractivity contribution in [3.63, 3.8) is 0 Å². The van der Waals surface area contributed by atoms with Gasteiger partial charge in [-0.15, -0.1) is 0 Å². The molecule has 1 atom stereocenters. The number of sulfone groups is 1. The molecule has 6 nitrogen and oxygen atoms in total. The third-order valence-electron chi connectivity index (χ3n) is 5.97. The molecule has 2 aromatic rings. The fourth-order valence-electron chi connectivity index (χ4n) is 4.58. The van der Waals surface area contributed by atoms with E-state index in [0.717, 1.165) is 30.9 Å². The van der Waals surface area contributed by atoms with Gasteiger partial charge in [-0.25, -0.2) is 13.4 Å². The van der Waals surface area contributed by atoms with Crippen LogP contribution in [0.15, 0.2) is 41.7 Å². The molecule has 1 fully saturated rings. The standard InChI is InChI=1S/C24H38N4O2S/c1-5-27-13-9-12-22(16-27)15-26(4)18-23-14-25-24(31(29,30)19-20(2)3)28(23)17-21-10-7-6-8-11-21/h6-8,10-11,14,20,22H,5,9,12-13,15-19H2,1-4H3/t22-/m1/s1. The Morgan fingerprint density at radius 1 is 1.23 bits per heavy atom. The summed E-state index contributed by atoms with van der Waals surface area (Å²) in [5, 5.41) is 0.197. The summed E-state index contributed by atoms with van der Waals surface area (Å²) >= 11 is 0. The van der Waals surface area contributed by atoms with Gasteiger partial charge in [0, 0.05) is 19.6 Å². The second-order valence-electron chi connectivity index (χ2n) is 9.38. The van der Waals surface area contributed by atoms with Crippen LogP contribution in [-0.4, -0.2) is 66.7 Å². The maximum Gasteiger partial charge on any atom is 0.228 e. The molecule has 0 unspecified atom stereocenters. The van der Waals surface area contributed by atoms with Gasteiger partial charge in [0.25, 0.3) is 0 Å². The molecular formula is C24H38N4O2S. The first kappa shape index (κ1) is 24.0. The Kier molecular flexibility index (Phi) is 8.30. The number of hydrogen-bond donors (Lipinski definition) is 0. The highest BCUT2D eigenvalue weighted by Crippen LogP contribution is 2.21. The lowest BCUT2D eigenvalue weighted by Gasteiger charge is -2.34. The molecule has 0 spiro atoms. The Balaban J connectivity index is 1.80. The second kappa shape index (κ2) is 10.7. The highest BCUT2D eigenvalue weighted by Gasteiger charge is 2.26. The Morgan fingerprint density at radius 3 is 2.65 bits per heavy atom. The molecule has 0 bridgehead atoms. The van der Waals surface area contributed by atoms with E-state index in [1.165, 1.54) is 19.4 Å². The SMILES string of the molecule is CCN1CCC[C@H](CN(C)Cc2cnc(S(=O)(=O)CC(C)C)n2Cc2ccccc2)C1. The second-order valence-corrected chi connectivity index (χ2v) is 11.3. The first-order valence-corrected chi connectivity index (χ1v) is 13.2. The molecule has 31 heavy (non-hydrogen) atoms. The minimum absolute atomic E-state index is 0.0609. The van der Waals surface area contributed by atoms with Gasteiger partial charge in [-0.3, -0.25) is 0 Å². The monoisotopic (exact) mass is 446 g/mol. The largest absolute Gasteiger partial charge is 0.313 e. The first-order valence-electron chi connectivity index (χ1n) is 11.5. The van der Waals surface area contributed by atoms with E-state index < -0.39 is 9.84 Å². The maximum atomic E-state index is 13.0. The molecule has 1 aliphatic heterocycles. The number of piperidine rings is 1. The fourth-order valence-corrected chi connectivity index (χ4v) is 6.34. The van der Waals surface area contributed by atoms with Gasteiger partial charge in [0.2, 0.25) is 15.0 Å². The number of aromatic nitrogens is 2. The van der Waals surface area contributed by atoms with Crippen LogP contribution in [0.4, 0.5) is 0 Å². The molecule has 0 radical (unpaired) electrons. The normalized spacial score (nSPS) is 18.2. The van der Waals surface area contributed by atoms with Crippen molar-refractivity contribution in [1.82, 2.24) is 19.4 Å². The summed E-state index contributed by atoms with van der Waals surface area (Å²) in [5.74, 6) is 0.836. The summed E-state index contributed by atoms with van der Waals surface area (Å²) in [6, 6.07) is 10.0. The molecule has 3 rings (SSSR count). The molecule has 0 saturated carbocycles. The van der Waals surface area contributed by atoms with Gasteiger partial charge in [-0.2, -0.15) is 0 Å². The fraction of sp³-hybridized carbons (Fsp3) is 0.625. The highest BCUT2D eigenvalue weighted by molar-refractivity contribution is 7.91. The van der Waals surface area contributed by atoms with Crippen LogP contribution in [0.1, 0.15) is 44.9 Å². The predicted molar refractivity (Wildman–Crippen MR) is 126 cm³/mol. The molecule has 2 heterocycles. The molecule has 7 heteroatoms. The zero-order valence-electron chi connectivity index (χ0n) is 19.5. The lowest BCUT2D eigenvalue weighted by atomic mass is 9.97. The van der Waals surface area contributed by atoms with Gasteiger partial charge in [-0.1, -0.05) is 51.1 Å². The zero-order valence-corrected chi connectivity index (χ0v) is 20.3. The van der Waals surface area contributed by atoms with Crippen LogP contribution in [-0.2, 0) is 22.9 Å². The molecule has 1 aromatic carbocycles. The predicted octanol–water partition coefficient (Wildman–Crippen LogP) is 3.52. The topological polar surface area (TPSA) is 58.4 Å². The molecule has 0 N–H and O–H groups in total. The van der Waals surface area contributed by atoms with E-state index in [9.17, 15) is 8.42 Å². The van der Waals surface area contributed by atoms with Crippen LogP contribution in [0.25, 0.3) is 0 Å². The van der Waals surface area contributed by atoms with Gasteiger partial charge >= 0.3 is 0 Å². The highest BCUT2D eigenvalue weighted by atomic mass is 32.2. The van der Waals surface area contributed by atoms with E-state index >= 15 is 0 Å². The number of rotatable bonds is 10. The summed E-state index contributed by atoms with van der Waals surface area (Å²) < 4.78 is 28.0. The van der Waals surface area contributed by atoms with Crippen LogP contribution >= 0.6 is 0 Å². The van der Waals surface area contributed by atoms with Crippen molar-refractivity contribution in [1.29, 1.82) is 0 Å². The maximum absolute atomic E-state index is 13.0. The lowest BCUT2D eigenvalue weighted by Crippen LogP contribution is -2.39. The van der Waals surface area contributed by atoms with Gasteiger partial charge in [-0.05, 0) is 50.4 Å². The van der Waals surface area contributed by atoms with Crippen LogP contribution < -0.4 is 0 Å². The number of likely N-dealkylation sites (tertiary alicyclic amines) is 1. The van der Waals surface area contributed by atoms with E-state index in [1.807, 2.05) is 48.7 Å². The van der Waals surface area contributed by atoms with Gasteiger partial charge in [0.1, 0.15) is 0 Å². The van der Waals surface area contributed by atoms with Gasteiger partial charge in [0.15, 0.2) is 0 Å². The van der Waals surface area contributed by atoms with E-state index in [4.69, 9.17) is 0 Å². The van der Waals surface area contributed by atoms with Crippen molar-refractivity contribution in [2.45, 2.75) is 51.9 Å². The van der Waals surface area contributed by atoms with E-state index in [0.29, 0.717) is 19.0 Å². The van der Waals surface area contributed by atoms with E-state index in [-0.39, 0.29) is 16.8 Å². The molecule has 1 saturated heterocycles. The number of hydrogen-bond acceptors (Lipinski definition) is 5. The Labute approximate surface area is 188 Å². The Bertz CT molecular complexity index is 924. The van der Waals surface area contributed by atoms with Crippen LogP contribution in [0.3, 0.4) is 0 Å². The van der Waals surface area contributed by atoms with Crippen molar-refractivity contribution in [3.8, 4) is 0 Å². The minimum atomic E-state index is -3.44. The summed E-state index contributed by atoms with van der Waals surface area (Å²) in [7, 11) is -1.30. The first-order chi connectivity index (χ1) is 14.8. The van der Waals surface area contributed by atoms with Crippen LogP contribution in [0.2, 0.25) is 0 Å². The molecular weight excluding hydrogens is 408 g/mol. The average Bonchev–Trinajstić information content (AvgIpc) is 3.11. The average molecular weight is 447 g/mol. The van der Waals surface area contributed by atoms with Crippen molar-refractivity contribution in [2.75, 3.05) is 39.0 Å². The number of imidazole rings is 1. The Hall–Kier alpha value is -1.70. The molecule has 0 aliphatic carbocycles. The number of nitrogens with zero attached hydrogens (tertiary/aromatic N) is 4. The lowest BCUT2D eigenvalue weighted by molar-refractivity contribution is 0.145. The smallest absolute Gasteiger partial charge is 0.228 e. The third kappa shape index (κ3) is 6.64. The van der Waals surface area contributed by atoms with Crippen molar-refractivity contribution >= 4 is 9.84 Å². The van der Waals surface area contributed by atoms with Crippen molar-refractivity contribution in [3.05, 3.63) is 47.8 Å². The quantitative estimate of drug-likeness (QED) is 0.559.